The van der Waals surface area contributed by atoms with E-state index in [2.05, 4.69) is 31.4 Å². The van der Waals surface area contributed by atoms with E-state index in [0.717, 1.165) is 19.3 Å². The zero-order chi connectivity index (χ0) is 17.6. The van der Waals surface area contributed by atoms with E-state index in [1.165, 1.54) is 0 Å². The number of hydrogen-bond donors (Lipinski definition) is 2. The van der Waals surface area contributed by atoms with Gasteiger partial charge in [0, 0.05) is 23.9 Å². The van der Waals surface area contributed by atoms with E-state index in [4.69, 9.17) is 0 Å². The number of nitrogens with one attached hydrogen (secondary N) is 2. The van der Waals surface area contributed by atoms with Gasteiger partial charge in [0.1, 0.15) is 0 Å². The van der Waals surface area contributed by atoms with Gasteiger partial charge in [-0.05, 0) is 24.7 Å². The predicted octanol–water partition coefficient (Wildman–Crippen LogP) is 3.51. The minimum atomic E-state index is -0.334. The van der Waals surface area contributed by atoms with Gasteiger partial charge in [0.05, 0.1) is 0 Å². The van der Waals surface area contributed by atoms with Gasteiger partial charge in [0.2, 0.25) is 11.8 Å². The van der Waals surface area contributed by atoms with Crippen molar-refractivity contribution >= 4 is 11.8 Å². The first kappa shape index (κ1) is 20.9. The quantitative estimate of drug-likeness (QED) is 0.707. The number of amides is 2. The zero-order valence-corrected chi connectivity index (χ0v) is 15.8. The van der Waals surface area contributed by atoms with E-state index in [1.807, 2.05) is 34.6 Å². The minimum absolute atomic E-state index is 0.0101. The number of carbonyl (C=O) groups is 2. The summed E-state index contributed by atoms with van der Waals surface area (Å²) < 4.78 is 0. The Morgan fingerprint density at radius 1 is 0.955 bits per heavy atom. The fraction of sp³-hybridized carbons (Fsp3) is 0.889. The first-order valence-electron chi connectivity index (χ1n) is 8.44. The summed E-state index contributed by atoms with van der Waals surface area (Å²) in [5.74, 6) is 0.213. The third-order valence-corrected chi connectivity index (χ3v) is 3.77. The second kappa shape index (κ2) is 8.54. The largest absolute Gasteiger partial charge is 0.356 e. The maximum Gasteiger partial charge on any atom is 0.225 e. The molecule has 0 unspecified atom stereocenters. The molecule has 2 amide bonds. The first-order valence-corrected chi connectivity index (χ1v) is 8.44. The van der Waals surface area contributed by atoms with Crippen molar-refractivity contribution in [3.63, 3.8) is 0 Å². The molecule has 0 aliphatic carbocycles. The van der Waals surface area contributed by atoms with Crippen molar-refractivity contribution < 1.29 is 9.59 Å². The van der Waals surface area contributed by atoms with Crippen molar-refractivity contribution in [1.82, 2.24) is 10.6 Å². The van der Waals surface area contributed by atoms with Gasteiger partial charge in [0.25, 0.3) is 0 Å². The molecule has 0 aromatic carbocycles. The molecule has 0 fully saturated rings. The molecule has 0 saturated heterocycles. The average molecular weight is 312 g/mol. The lowest BCUT2D eigenvalue weighted by Gasteiger charge is -2.32. The Labute approximate surface area is 136 Å². The van der Waals surface area contributed by atoms with E-state index >= 15 is 0 Å². The van der Waals surface area contributed by atoms with Gasteiger partial charge < -0.3 is 10.6 Å². The Bertz CT molecular complexity index is 362. The van der Waals surface area contributed by atoms with Gasteiger partial charge in [-0.15, -0.1) is 0 Å². The summed E-state index contributed by atoms with van der Waals surface area (Å²) in [5.41, 5.74) is -0.293. The summed E-state index contributed by atoms with van der Waals surface area (Å²) in [6, 6.07) is 0.167. The Balaban J connectivity index is 4.21. The number of unbranched alkanes of at least 4 members (excludes halogenated alkanes) is 1. The summed E-state index contributed by atoms with van der Waals surface area (Å²) in [5, 5.41) is 6.12. The average Bonchev–Trinajstić information content (AvgIpc) is 2.33. The Hall–Kier alpha value is -1.06. The van der Waals surface area contributed by atoms with E-state index in [9.17, 15) is 9.59 Å². The van der Waals surface area contributed by atoms with Crippen LogP contribution in [0, 0.1) is 16.7 Å². The third kappa shape index (κ3) is 8.40. The molecule has 0 aromatic heterocycles. The smallest absolute Gasteiger partial charge is 0.225 e. The van der Waals surface area contributed by atoms with Crippen LogP contribution in [0.15, 0.2) is 0 Å². The molecule has 0 rings (SSSR count). The highest BCUT2D eigenvalue weighted by Crippen LogP contribution is 2.24. The van der Waals surface area contributed by atoms with Crippen molar-refractivity contribution in [1.29, 1.82) is 0 Å². The molecule has 130 valence electrons. The monoisotopic (exact) mass is 312 g/mol. The molecule has 2 N–H and O–H groups in total. The molecule has 0 heterocycles. The molecule has 22 heavy (non-hydrogen) atoms. The molecule has 0 radical (unpaired) electrons. The lowest BCUT2D eigenvalue weighted by Crippen LogP contribution is -2.45. The van der Waals surface area contributed by atoms with Crippen LogP contribution in [0.3, 0.4) is 0 Å². The molecule has 0 spiro atoms. The number of hydrogen-bond acceptors (Lipinski definition) is 2. The summed E-state index contributed by atoms with van der Waals surface area (Å²) in [4.78, 5) is 23.7. The van der Waals surface area contributed by atoms with Gasteiger partial charge >= 0.3 is 0 Å². The second-order valence-corrected chi connectivity index (χ2v) is 8.58. The van der Waals surface area contributed by atoms with Crippen molar-refractivity contribution in [3.8, 4) is 0 Å². The van der Waals surface area contributed by atoms with Crippen LogP contribution in [0.2, 0.25) is 0 Å². The molecule has 0 bridgehead atoms. The molecule has 0 aromatic rings. The standard InChI is InChI=1S/C18H36N2O2/c1-13(2)15(21)20-14(17(3,4)5)11-9-10-12-19-16(22)18(6,7)8/h13-14H,9-12H2,1-8H3,(H,19,22)(H,20,21)/t14-/m0/s1. The van der Waals surface area contributed by atoms with Gasteiger partial charge in [-0.3, -0.25) is 9.59 Å². The maximum absolute atomic E-state index is 11.9. The van der Waals surface area contributed by atoms with Crippen LogP contribution < -0.4 is 10.6 Å². The fourth-order valence-corrected chi connectivity index (χ4v) is 2.00. The topological polar surface area (TPSA) is 58.2 Å². The fourth-order valence-electron chi connectivity index (χ4n) is 2.00. The van der Waals surface area contributed by atoms with Crippen LogP contribution in [-0.4, -0.2) is 24.4 Å². The van der Waals surface area contributed by atoms with Crippen LogP contribution in [-0.2, 0) is 9.59 Å². The van der Waals surface area contributed by atoms with Crippen molar-refractivity contribution in [2.75, 3.05) is 6.54 Å². The van der Waals surface area contributed by atoms with E-state index in [0.29, 0.717) is 6.54 Å². The SMILES string of the molecule is CC(C)C(=O)N[C@@H](CCCCNC(=O)C(C)(C)C)C(C)(C)C. The van der Waals surface area contributed by atoms with Crippen LogP contribution >= 0.6 is 0 Å². The highest BCUT2D eigenvalue weighted by molar-refractivity contribution is 5.81. The van der Waals surface area contributed by atoms with E-state index in [1.54, 1.807) is 0 Å². The Morgan fingerprint density at radius 2 is 1.50 bits per heavy atom. The van der Waals surface area contributed by atoms with Crippen LogP contribution in [0.4, 0.5) is 0 Å². The van der Waals surface area contributed by atoms with Crippen molar-refractivity contribution in [2.24, 2.45) is 16.7 Å². The van der Waals surface area contributed by atoms with E-state index < -0.39 is 0 Å². The lowest BCUT2D eigenvalue weighted by molar-refractivity contribution is -0.128. The Morgan fingerprint density at radius 3 is 1.91 bits per heavy atom. The zero-order valence-electron chi connectivity index (χ0n) is 15.8. The molecule has 4 nitrogen and oxygen atoms in total. The van der Waals surface area contributed by atoms with Gasteiger partial charge in [-0.2, -0.15) is 0 Å². The normalized spacial score (nSPS) is 13.9. The van der Waals surface area contributed by atoms with E-state index in [-0.39, 0.29) is 34.6 Å². The first-order chi connectivity index (χ1) is 9.85. The molecular weight excluding hydrogens is 276 g/mol. The summed E-state index contributed by atoms with van der Waals surface area (Å²) >= 11 is 0. The number of carbonyl (C=O) groups excluding carboxylic acids is 2. The molecule has 0 aliphatic rings. The molecule has 4 heteroatoms. The summed E-state index contributed by atoms with van der Waals surface area (Å²) in [6.45, 7) is 16.7. The third-order valence-electron chi connectivity index (χ3n) is 3.77. The van der Waals surface area contributed by atoms with Crippen molar-refractivity contribution in [3.05, 3.63) is 0 Å². The summed E-state index contributed by atoms with van der Waals surface area (Å²) in [7, 11) is 0. The summed E-state index contributed by atoms with van der Waals surface area (Å²) in [6.07, 6.45) is 2.87. The number of rotatable bonds is 7. The maximum atomic E-state index is 11.9. The second-order valence-electron chi connectivity index (χ2n) is 8.58. The van der Waals surface area contributed by atoms with Crippen LogP contribution in [0.25, 0.3) is 0 Å². The van der Waals surface area contributed by atoms with Crippen molar-refractivity contribution in [2.45, 2.75) is 80.7 Å². The van der Waals surface area contributed by atoms with Gasteiger partial charge in [0.15, 0.2) is 0 Å². The Kier molecular flexibility index (Phi) is 8.13. The molecular formula is C18H36N2O2. The van der Waals surface area contributed by atoms with Gasteiger partial charge in [-0.1, -0.05) is 55.4 Å². The predicted molar refractivity (Wildman–Crippen MR) is 92.5 cm³/mol. The van der Waals surface area contributed by atoms with Gasteiger partial charge in [-0.25, -0.2) is 0 Å². The molecule has 1 atom stereocenters. The highest BCUT2D eigenvalue weighted by atomic mass is 16.2. The minimum Gasteiger partial charge on any atom is -0.356 e. The van der Waals surface area contributed by atoms with Crippen LogP contribution in [0.5, 0.6) is 0 Å². The highest BCUT2D eigenvalue weighted by Gasteiger charge is 2.26. The molecule has 0 aliphatic heterocycles. The lowest BCUT2D eigenvalue weighted by atomic mass is 9.83. The molecule has 0 saturated carbocycles. The van der Waals surface area contributed by atoms with Crippen LogP contribution in [0.1, 0.15) is 74.7 Å².